The highest BCUT2D eigenvalue weighted by molar-refractivity contribution is 6.06. The van der Waals surface area contributed by atoms with Gasteiger partial charge >= 0.3 is 0 Å². The molecule has 0 saturated carbocycles. The molecule has 35 heavy (non-hydrogen) atoms. The molecule has 2 aromatic heterocycles. The van der Waals surface area contributed by atoms with E-state index < -0.39 is 0 Å². The van der Waals surface area contributed by atoms with Gasteiger partial charge in [0.05, 0.1) is 36.5 Å². The van der Waals surface area contributed by atoms with E-state index in [1.54, 1.807) is 6.20 Å². The molecule has 2 aromatic carbocycles. The number of rotatable bonds is 8. The standard InChI is InChI=1S/C29H31N3O3/c1-20-21(2)31-28-26(20)10-6-11-27(28)29(33)32(17-24-8-3-4-13-30-24)16-22-7-5-9-25(15-22)35-19-23-12-14-34-18-23/h3-11,13,15,23,31H,12,14,16-19H2,1-2H3. The number of carbonyl (C=O) groups is 1. The second-order valence-electron chi connectivity index (χ2n) is 9.27. The monoisotopic (exact) mass is 469 g/mol. The van der Waals surface area contributed by atoms with Crippen molar-refractivity contribution < 1.29 is 14.3 Å². The lowest BCUT2D eigenvalue weighted by molar-refractivity contribution is 0.0729. The molecule has 1 N–H and O–H groups in total. The van der Waals surface area contributed by atoms with Gasteiger partial charge in [-0.3, -0.25) is 9.78 Å². The third kappa shape index (κ3) is 5.23. The molecular weight excluding hydrogens is 438 g/mol. The number of benzene rings is 2. The van der Waals surface area contributed by atoms with Gasteiger partial charge in [0.25, 0.3) is 5.91 Å². The lowest BCUT2D eigenvalue weighted by Crippen LogP contribution is -2.30. The Morgan fingerprint density at radius 2 is 2.00 bits per heavy atom. The van der Waals surface area contributed by atoms with Crippen molar-refractivity contribution in [3.05, 3.63) is 94.9 Å². The molecule has 0 radical (unpaired) electrons. The molecule has 6 nitrogen and oxygen atoms in total. The zero-order valence-corrected chi connectivity index (χ0v) is 20.3. The summed E-state index contributed by atoms with van der Waals surface area (Å²) in [5.74, 6) is 1.23. The van der Waals surface area contributed by atoms with Crippen LogP contribution in [0, 0.1) is 19.8 Å². The molecule has 1 atom stereocenters. The second-order valence-corrected chi connectivity index (χ2v) is 9.27. The summed E-state index contributed by atoms with van der Waals surface area (Å²) in [5, 5.41) is 1.08. The van der Waals surface area contributed by atoms with E-state index in [0.717, 1.165) is 53.2 Å². The van der Waals surface area contributed by atoms with Crippen LogP contribution in [0.1, 0.15) is 39.3 Å². The molecule has 6 heteroatoms. The maximum absolute atomic E-state index is 13.9. The number of amides is 1. The van der Waals surface area contributed by atoms with Crippen molar-refractivity contribution in [1.29, 1.82) is 0 Å². The first-order chi connectivity index (χ1) is 17.1. The quantitative estimate of drug-likeness (QED) is 0.373. The number of aryl methyl sites for hydroxylation is 2. The average molecular weight is 470 g/mol. The molecule has 5 rings (SSSR count). The number of fused-ring (bicyclic) bond motifs is 1. The normalized spacial score (nSPS) is 15.4. The highest BCUT2D eigenvalue weighted by Gasteiger charge is 2.22. The summed E-state index contributed by atoms with van der Waals surface area (Å²) in [7, 11) is 0. The van der Waals surface area contributed by atoms with Crippen LogP contribution in [0.5, 0.6) is 5.75 Å². The van der Waals surface area contributed by atoms with Gasteiger partial charge in [0.2, 0.25) is 0 Å². The minimum absolute atomic E-state index is 0.0306. The average Bonchev–Trinajstić information content (AvgIpc) is 3.51. The van der Waals surface area contributed by atoms with Crippen LogP contribution in [-0.2, 0) is 17.8 Å². The Bertz CT molecular complexity index is 1310. The maximum Gasteiger partial charge on any atom is 0.256 e. The lowest BCUT2D eigenvalue weighted by Gasteiger charge is -2.23. The van der Waals surface area contributed by atoms with Crippen LogP contribution in [-0.4, -0.2) is 40.6 Å². The second kappa shape index (κ2) is 10.3. The number of aromatic amines is 1. The van der Waals surface area contributed by atoms with E-state index in [9.17, 15) is 4.79 Å². The van der Waals surface area contributed by atoms with Crippen molar-refractivity contribution in [3.63, 3.8) is 0 Å². The number of carbonyl (C=O) groups excluding carboxylic acids is 1. The van der Waals surface area contributed by atoms with Gasteiger partial charge in [0, 0.05) is 36.3 Å². The first-order valence-electron chi connectivity index (χ1n) is 12.1. The van der Waals surface area contributed by atoms with E-state index in [0.29, 0.717) is 31.2 Å². The highest BCUT2D eigenvalue weighted by atomic mass is 16.5. The number of nitrogens with one attached hydrogen (secondary N) is 1. The number of para-hydroxylation sites is 1. The van der Waals surface area contributed by atoms with E-state index in [-0.39, 0.29) is 5.91 Å². The number of hydrogen-bond donors (Lipinski definition) is 1. The molecule has 3 heterocycles. The predicted molar refractivity (Wildman–Crippen MR) is 136 cm³/mol. The predicted octanol–water partition coefficient (Wildman–Crippen LogP) is 5.44. The molecule has 1 aliphatic heterocycles. The Labute approximate surface area is 205 Å². The van der Waals surface area contributed by atoms with Gasteiger partial charge in [-0.2, -0.15) is 0 Å². The van der Waals surface area contributed by atoms with Crippen LogP contribution in [0.25, 0.3) is 10.9 Å². The zero-order chi connectivity index (χ0) is 24.2. The molecule has 1 aliphatic rings. The van der Waals surface area contributed by atoms with Crippen LogP contribution in [0.2, 0.25) is 0 Å². The molecule has 0 spiro atoms. The van der Waals surface area contributed by atoms with Gasteiger partial charge in [-0.15, -0.1) is 0 Å². The fourth-order valence-electron chi connectivity index (χ4n) is 4.60. The molecule has 1 amide bonds. The summed E-state index contributed by atoms with van der Waals surface area (Å²) in [5.41, 5.74) is 5.66. The third-order valence-electron chi connectivity index (χ3n) is 6.72. The fraction of sp³-hybridized carbons (Fsp3) is 0.310. The number of nitrogens with zero attached hydrogens (tertiary/aromatic N) is 2. The smallest absolute Gasteiger partial charge is 0.256 e. The number of ether oxygens (including phenoxy) is 2. The van der Waals surface area contributed by atoms with E-state index in [1.807, 2.05) is 66.4 Å². The van der Waals surface area contributed by atoms with Gasteiger partial charge in [0.1, 0.15) is 5.75 Å². The Morgan fingerprint density at radius 1 is 1.11 bits per heavy atom. The summed E-state index contributed by atoms with van der Waals surface area (Å²) in [4.78, 5) is 23.6. The van der Waals surface area contributed by atoms with Crippen molar-refractivity contribution in [1.82, 2.24) is 14.9 Å². The Hall–Kier alpha value is -3.64. The van der Waals surface area contributed by atoms with Crippen molar-refractivity contribution >= 4 is 16.8 Å². The Morgan fingerprint density at radius 3 is 2.80 bits per heavy atom. The van der Waals surface area contributed by atoms with Gasteiger partial charge < -0.3 is 19.4 Å². The van der Waals surface area contributed by atoms with Crippen LogP contribution in [0.4, 0.5) is 0 Å². The number of hydrogen-bond acceptors (Lipinski definition) is 4. The largest absolute Gasteiger partial charge is 0.493 e. The van der Waals surface area contributed by atoms with E-state index in [4.69, 9.17) is 9.47 Å². The SMILES string of the molecule is Cc1[nH]c2c(C(=O)N(Cc3cccc(OCC4CCOC4)c3)Cc3ccccn3)cccc2c1C. The third-order valence-corrected chi connectivity index (χ3v) is 6.72. The zero-order valence-electron chi connectivity index (χ0n) is 20.3. The van der Waals surface area contributed by atoms with Crippen LogP contribution in [0.15, 0.2) is 66.9 Å². The summed E-state index contributed by atoms with van der Waals surface area (Å²) in [6, 6.07) is 19.7. The minimum Gasteiger partial charge on any atom is -0.493 e. The van der Waals surface area contributed by atoms with Crippen LogP contribution >= 0.6 is 0 Å². The molecule has 1 fully saturated rings. The maximum atomic E-state index is 13.9. The molecule has 1 saturated heterocycles. The minimum atomic E-state index is -0.0306. The fourth-order valence-corrected chi connectivity index (χ4v) is 4.60. The number of pyridine rings is 1. The van der Waals surface area contributed by atoms with Crippen molar-refractivity contribution in [2.24, 2.45) is 5.92 Å². The molecule has 0 bridgehead atoms. The molecular formula is C29H31N3O3. The number of H-pyrrole nitrogens is 1. The van der Waals surface area contributed by atoms with Gasteiger partial charge in [0.15, 0.2) is 0 Å². The number of aromatic nitrogens is 2. The van der Waals surface area contributed by atoms with E-state index in [2.05, 4.69) is 23.0 Å². The molecule has 1 unspecified atom stereocenters. The van der Waals surface area contributed by atoms with Crippen LogP contribution in [0.3, 0.4) is 0 Å². The summed E-state index contributed by atoms with van der Waals surface area (Å²) >= 11 is 0. The molecule has 4 aromatic rings. The van der Waals surface area contributed by atoms with Crippen molar-refractivity contribution in [3.8, 4) is 5.75 Å². The molecule has 180 valence electrons. The van der Waals surface area contributed by atoms with Gasteiger partial charge in [-0.1, -0.05) is 30.3 Å². The lowest BCUT2D eigenvalue weighted by atomic mass is 10.1. The van der Waals surface area contributed by atoms with Crippen molar-refractivity contribution in [2.75, 3.05) is 19.8 Å². The first-order valence-corrected chi connectivity index (χ1v) is 12.1. The highest BCUT2D eigenvalue weighted by Crippen LogP contribution is 2.26. The van der Waals surface area contributed by atoms with Crippen molar-refractivity contribution in [2.45, 2.75) is 33.4 Å². The molecule has 0 aliphatic carbocycles. The summed E-state index contributed by atoms with van der Waals surface area (Å²) < 4.78 is 11.5. The summed E-state index contributed by atoms with van der Waals surface area (Å²) in [6.07, 6.45) is 2.80. The van der Waals surface area contributed by atoms with Gasteiger partial charge in [-0.05, 0) is 61.7 Å². The van der Waals surface area contributed by atoms with E-state index >= 15 is 0 Å². The topological polar surface area (TPSA) is 67.5 Å². The van der Waals surface area contributed by atoms with E-state index in [1.165, 1.54) is 5.56 Å². The Balaban J connectivity index is 1.41. The van der Waals surface area contributed by atoms with Crippen LogP contribution < -0.4 is 4.74 Å². The first kappa shape index (κ1) is 23.1. The van der Waals surface area contributed by atoms with Gasteiger partial charge in [-0.25, -0.2) is 0 Å². The Kier molecular flexibility index (Phi) is 6.82. The summed E-state index contributed by atoms with van der Waals surface area (Å²) in [6.45, 7) is 7.21.